The SMILES string of the molecule is COC(=O)c1ccc([C@@H]2CC(=O)NC(SCCOc3ccc(C)cc3)=C2C#N)cc1. The first kappa shape index (κ1) is 21.5. The van der Waals surface area contributed by atoms with E-state index in [0.717, 1.165) is 16.9 Å². The number of benzene rings is 2. The third-order valence-corrected chi connectivity index (χ3v) is 5.69. The molecule has 2 aromatic rings. The Morgan fingerprint density at radius 1 is 1.20 bits per heavy atom. The second-order valence-electron chi connectivity index (χ2n) is 6.78. The minimum atomic E-state index is -0.427. The van der Waals surface area contributed by atoms with Crippen LogP contribution >= 0.6 is 11.8 Å². The fourth-order valence-corrected chi connectivity index (χ4v) is 4.03. The van der Waals surface area contributed by atoms with Crippen LogP contribution in [0.25, 0.3) is 0 Å². The van der Waals surface area contributed by atoms with Crippen molar-refractivity contribution < 1.29 is 19.1 Å². The number of carbonyl (C=O) groups excluding carboxylic acids is 2. The van der Waals surface area contributed by atoms with Crippen LogP contribution in [0.4, 0.5) is 0 Å². The molecule has 1 aliphatic heterocycles. The lowest BCUT2D eigenvalue weighted by atomic mass is 9.87. The van der Waals surface area contributed by atoms with E-state index in [2.05, 4.69) is 11.4 Å². The molecule has 0 aromatic heterocycles. The van der Waals surface area contributed by atoms with Crippen LogP contribution in [0.1, 0.15) is 33.8 Å². The molecule has 7 heteroatoms. The summed E-state index contributed by atoms with van der Waals surface area (Å²) in [6, 6.07) is 16.8. The monoisotopic (exact) mass is 422 g/mol. The predicted octanol–water partition coefficient (Wildman–Crippen LogP) is 3.93. The van der Waals surface area contributed by atoms with Gasteiger partial charge in [0.2, 0.25) is 5.91 Å². The Morgan fingerprint density at radius 3 is 2.53 bits per heavy atom. The molecule has 0 aliphatic carbocycles. The highest BCUT2D eigenvalue weighted by atomic mass is 32.2. The molecule has 3 rings (SSSR count). The second-order valence-corrected chi connectivity index (χ2v) is 7.89. The van der Waals surface area contributed by atoms with Crippen LogP contribution in [0.3, 0.4) is 0 Å². The lowest BCUT2D eigenvalue weighted by molar-refractivity contribution is -0.120. The lowest BCUT2D eigenvalue weighted by Gasteiger charge is -2.25. The van der Waals surface area contributed by atoms with Crippen LogP contribution in [-0.4, -0.2) is 31.3 Å². The maximum atomic E-state index is 12.3. The van der Waals surface area contributed by atoms with Crippen molar-refractivity contribution in [1.82, 2.24) is 5.32 Å². The minimum Gasteiger partial charge on any atom is -0.493 e. The Bertz CT molecular complexity index is 991. The van der Waals surface area contributed by atoms with Crippen LogP contribution in [0, 0.1) is 18.3 Å². The minimum absolute atomic E-state index is 0.141. The van der Waals surface area contributed by atoms with Crippen LogP contribution in [-0.2, 0) is 9.53 Å². The number of esters is 1. The molecule has 2 aromatic carbocycles. The maximum Gasteiger partial charge on any atom is 0.337 e. The molecule has 1 amide bonds. The Kier molecular flexibility index (Phi) is 7.15. The second kappa shape index (κ2) is 9.99. The van der Waals surface area contributed by atoms with Gasteiger partial charge < -0.3 is 14.8 Å². The van der Waals surface area contributed by atoms with Crippen molar-refractivity contribution in [2.75, 3.05) is 19.5 Å². The van der Waals surface area contributed by atoms with Crippen LogP contribution in [0.5, 0.6) is 5.75 Å². The number of rotatable bonds is 7. The Morgan fingerprint density at radius 2 is 1.90 bits per heavy atom. The molecule has 0 radical (unpaired) electrons. The molecule has 1 heterocycles. The van der Waals surface area contributed by atoms with Gasteiger partial charge in [-0.2, -0.15) is 5.26 Å². The summed E-state index contributed by atoms with van der Waals surface area (Å²) in [4.78, 5) is 23.9. The van der Waals surface area contributed by atoms with E-state index < -0.39 is 5.97 Å². The van der Waals surface area contributed by atoms with Gasteiger partial charge in [-0.15, -0.1) is 11.8 Å². The zero-order valence-corrected chi connectivity index (χ0v) is 17.6. The fraction of sp³-hybridized carbons (Fsp3) is 0.261. The molecule has 0 saturated heterocycles. The standard InChI is InChI=1S/C23H22N2O4S/c1-15-3-9-18(10-4-15)29-11-12-30-22-20(14-24)19(13-21(26)25-22)16-5-7-17(8-6-16)23(27)28-2/h3-10,19H,11-13H2,1-2H3,(H,25,26)/t19-/m0/s1. The molecule has 1 N–H and O–H groups in total. The molecule has 1 aliphatic rings. The zero-order chi connectivity index (χ0) is 21.5. The van der Waals surface area contributed by atoms with Crippen LogP contribution < -0.4 is 10.1 Å². The average molecular weight is 423 g/mol. The van der Waals surface area contributed by atoms with Crippen molar-refractivity contribution >= 4 is 23.6 Å². The number of nitrogens with zero attached hydrogens (tertiary/aromatic N) is 1. The highest BCUT2D eigenvalue weighted by Gasteiger charge is 2.29. The van der Waals surface area contributed by atoms with Gasteiger partial charge in [0.25, 0.3) is 0 Å². The molecule has 0 fully saturated rings. The Hall–Kier alpha value is -3.24. The van der Waals surface area contributed by atoms with Crippen LogP contribution in [0.2, 0.25) is 0 Å². The number of hydrogen-bond acceptors (Lipinski definition) is 6. The van der Waals surface area contributed by atoms with Gasteiger partial charge in [-0.1, -0.05) is 29.8 Å². The van der Waals surface area contributed by atoms with Crippen LogP contribution in [0.15, 0.2) is 59.1 Å². The van der Waals surface area contributed by atoms with E-state index >= 15 is 0 Å². The quantitative estimate of drug-likeness (QED) is 0.537. The predicted molar refractivity (Wildman–Crippen MR) is 115 cm³/mol. The van der Waals surface area contributed by atoms with E-state index in [-0.39, 0.29) is 18.2 Å². The largest absolute Gasteiger partial charge is 0.493 e. The molecule has 1 atom stereocenters. The van der Waals surface area contributed by atoms with Crippen molar-refractivity contribution in [3.8, 4) is 11.8 Å². The van der Waals surface area contributed by atoms with E-state index in [1.165, 1.54) is 18.9 Å². The van der Waals surface area contributed by atoms with Gasteiger partial charge in [0, 0.05) is 18.1 Å². The van der Waals surface area contributed by atoms with E-state index in [1.54, 1.807) is 24.3 Å². The molecular formula is C23H22N2O4S. The highest BCUT2D eigenvalue weighted by Crippen LogP contribution is 2.36. The van der Waals surface area contributed by atoms with Gasteiger partial charge in [0.15, 0.2) is 0 Å². The number of amides is 1. The molecule has 0 spiro atoms. The first-order valence-corrected chi connectivity index (χ1v) is 10.4. The van der Waals surface area contributed by atoms with Crippen molar-refractivity contribution in [2.45, 2.75) is 19.3 Å². The van der Waals surface area contributed by atoms with Crippen molar-refractivity contribution in [1.29, 1.82) is 5.26 Å². The topological polar surface area (TPSA) is 88.4 Å². The number of ether oxygens (including phenoxy) is 2. The normalized spacial score (nSPS) is 15.9. The first-order valence-electron chi connectivity index (χ1n) is 9.46. The highest BCUT2D eigenvalue weighted by molar-refractivity contribution is 8.03. The number of allylic oxidation sites excluding steroid dienone is 1. The van der Waals surface area contributed by atoms with Gasteiger partial charge in [-0.25, -0.2) is 4.79 Å². The lowest BCUT2D eigenvalue weighted by Crippen LogP contribution is -2.31. The summed E-state index contributed by atoms with van der Waals surface area (Å²) in [7, 11) is 1.32. The third kappa shape index (κ3) is 5.22. The molecular weight excluding hydrogens is 400 g/mol. The number of aryl methyl sites for hydroxylation is 1. The summed E-state index contributed by atoms with van der Waals surface area (Å²) in [6.07, 6.45) is 0.185. The van der Waals surface area contributed by atoms with Crippen molar-refractivity contribution in [2.24, 2.45) is 0 Å². The molecule has 30 heavy (non-hydrogen) atoms. The van der Waals surface area contributed by atoms with Gasteiger partial charge >= 0.3 is 5.97 Å². The summed E-state index contributed by atoms with van der Waals surface area (Å²) < 4.78 is 10.4. The summed E-state index contributed by atoms with van der Waals surface area (Å²) in [5.74, 6) is 0.451. The maximum absolute atomic E-state index is 12.3. The molecule has 0 saturated carbocycles. The average Bonchev–Trinajstić information content (AvgIpc) is 2.77. The van der Waals surface area contributed by atoms with Crippen molar-refractivity contribution in [3.63, 3.8) is 0 Å². The number of hydrogen-bond donors (Lipinski definition) is 1. The first-order chi connectivity index (χ1) is 14.5. The fourth-order valence-electron chi connectivity index (χ4n) is 3.12. The summed E-state index contributed by atoms with van der Waals surface area (Å²) in [5.41, 5.74) is 2.91. The Balaban J connectivity index is 1.69. The van der Waals surface area contributed by atoms with E-state index in [9.17, 15) is 14.9 Å². The number of nitrogens with one attached hydrogen (secondary N) is 1. The number of thioether (sulfide) groups is 1. The van der Waals surface area contributed by atoms with E-state index in [4.69, 9.17) is 9.47 Å². The number of nitriles is 1. The molecule has 6 nitrogen and oxygen atoms in total. The van der Waals surface area contributed by atoms with Gasteiger partial charge in [0.05, 0.1) is 36.0 Å². The zero-order valence-electron chi connectivity index (χ0n) is 16.8. The summed E-state index contributed by atoms with van der Waals surface area (Å²) in [6.45, 7) is 2.46. The van der Waals surface area contributed by atoms with Crippen molar-refractivity contribution in [3.05, 3.63) is 75.8 Å². The number of methoxy groups -OCH3 is 1. The van der Waals surface area contributed by atoms with Gasteiger partial charge in [0.1, 0.15) is 5.75 Å². The molecule has 0 bridgehead atoms. The molecule has 154 valence electrons. The van der Waals surface area contributed by atoms with Gasteiger partial charge in [-0.3, -0.25) is 4.79 Å². The van der Waals surface area contributed by atoms with E-state index in [1.807, 2.05) is 31.2 Å². The third-order valence-electron chi connectivity index (χ3n) is 4.71. The smallest absolute Gasteiger partial charge is 0.337 e. The van der Waals surface area contributed by atoms with E-state index in [0.29, 0.717) is 28.5 Å². The number of carbonyl (C=O) groups is 2. The summed E-state index contributed by atoms with van der Waals surface area (Å²) in [5, 5.41) is 13.1. The summed E-state index contributed by atoms with van der Waals surface area (Å²) >= 11 is 1.39. The Labute approximate surface area is 179 Å². The van der Waals surface area contributed by atoms with Gasteiger partial charge in [-0.05, 0) is 36.8 Å². The molecule has 0 unspecified atom stereocenters.